The fraction of sp³-hybridized carbons (Fsp3) is 0.100. The number of phenolic OH excluding ortho intramolecular Hbond substituents is 1. The molecule has 4 rings (SSSR count). The number of H-pyrrole nitrogens is 1. The molecule has 0 saturated carbocycles. The number of azo groups is 1. The lowest BCUT2D eigenvalue weighted by Gasteiger charge is -2.05. The van der Waals surface area contributed by atoms with Crippen molar-refractivity contribution in [3.8, 4) is 22.1 Å². The number of rotatable bonds is 4. The fourth-order valence-corrected chi connectivity index (χ4v) is 3.61. The van der Waals surface area contributed by atoms with Crippen LogP contribution in [0, 0.1) is 6.92 Å². The van der Waals surface area contributed by atoms with Crippen LogP contribution in [-0.2, 0) is 6.18 Å². The molecule has 31 heavy (non-hydrogen) atoms. The maximum absolute atomic E-state index is 12.8. The Hall–Kier alpha value is -3.73. The first-order valence-corrected chi connectivity index (χ1v) is 9.77. The number of aromatic nitrogens is 3. The van der Waals surface area contributed by atoms with Crippen LogP contribution < -0.4 is 5.56 Å². The lowest BCUT2D eigenvalue weighted by atomic mass is 10.1. The molecular weight excluding hydrogens is 431 g/mol. The summed E-state index contributed by atoms with van der Waals surface area (Å²) >= 11 is 1.17. The summed E-state index contributed by atoms with van der Waals surface area (Å²) in [4.78, 5) is 17.1. The average molecular weight is 445 g/mol. The van der Waals surface area contributed by atoms with Gasteiger partial charge in [0, 0.05) is 10.9 Å². The van der Waals surface area contributed by atoms with E-state index in [2.05, 4.69) is 20.3 Å². The third kappa shape index (κ3) is 4.12. The van der Waals surface area contributed by atoms with Crippen molar-refractivity contribution < 1.29 is 18.3 Å². The smallest absolute Gasteiger partial charge is 0.416 e. The summed E-state index contributed by atoms with van der Waals surface area (Å²) in [5.41, 5.74) is -0.0950. The number of phenols is 1. The Labute approximate surface area is 177 Å². The molecule has 0 amide bonds. The van der Waals surface area contributed by atoms with Gasteiger partial charge in [-0.1, -0.05) is 18.2 Å². The molecule has 2 aromatic heterocycles. The number of nitrogens with zero attached hydrogens (tertiary/aromatic N) is 4. The Balaban J connectivity index is 1.66. The third-order valence-electron chi connectivity index (χ3n) is 4.34. The number of halogens is 3. The van der Waals surface area contributed by atoms with Crippen molar-refractivity contribution in [1.82, 2.24) is 14.8 Å². The van der Waals surface area contributed by atoms with Crippen molar-refractivity contribution in [2.24, 2.45) is 10.2 Å². The molecule has 0 fully saturated rings. The minimum absolute atomic E-state index is 0.0301. The first kappa shape index (κ1) is 20.5. The second kappa shape index (κ2) is 7.84. The molecule has 0 aliphatic heterocycles. The molecule has 4 aromatic rings. The molecule has 2 N–H and O–H groups in total. The summed E-state index contributed by atoms with van der Waals surface area (Å²) in [5, 5.41) is 22.5. The minimum atomic E-state index is -4.50. The van der Waals surface area contributed by atoms with Crippen LogP contribution in [0.1, 0.15) is 11.3 Å². The van der Waals surface area contributed by atoms with E-state index in [0.29, 0.717) is 22.1 Å². The molecule has 0 bridgehead atoms. The van der Waals surface area contributed by atoms with E-state index < -0.39 is 17.3 Å². The molecule has 0 saturated heterocycles. The van der Waals surface area contributed by atoms with Crippen LogP contribution in [-0.4, -0.2) is 19.9 Å². The lowest BCUT2D eigenvalue weighted by molar-refractivity contribution is -0.137. The van der Waals surface area contributed by atoms with Crippen molar-refractivity contribution >= 4 is 22.7 Å². The van der Waals surface area contributed by atoms with E-state index in [1.807, 2.05) is 0 Å². The number of aryl methyl sites for hydroxylation is 1. The molecule has 2 aromatic carbocycles. The van der Waals surface area contributed by atoms with Gasteiger partial charge in [-0.25, -0.2) is 4.98 Å². The zero-order valence-electron chi connectivity index (χ0n) is 15.9. The van der Waals surface area contributed by atoms with Crippen molar-refractivity contribution in [3.63, 3.8) is 0 Å². The van der Waals surface area contributed by atoms with E-state index in [0.717, 1.165) is 12.1 Å². The number of aromatic hydroxyl groups is 1. The summed E-state index contributed by atoms with van der Waals surface area (Å²) in [6, 6.07) is 11.0. The van der Waals surface area contributed by atoms with Gasteiger partial charge in [0.05, 0.1) is 22.6 Å². The van der Waals surface area contributed by atoms with Crippen molar-refractivity contribution in [2.75, 3.05) is 0 Å². The van der Waals surface area contributed by atoms with Gasteiger partial charge < -0.3 is 5.11 Å². The molecule has 11 heteroatoms. The lowest BCUT2D eigenvalue weighted by Crippen LogP contribution is -2.13. The van der Waals surface area contributed by atoms with Crippen LogP contribution in [0.4, 0.5) is 24.5 Å². The van der Waals surface area contributed by atoms with Crippen molar-refractivity contribution in [1.29, 1.82) is 0 Å². The molecule has 0 atom stereocenters. The van der Waals surface area contributed by atoms with Crippen LogP contribution >= 0.6 is 11.3 Å². The van der Waals surface area contributed by atoms with Crippen molar-refractivity contribution in [3.05, 3.63) is 75.5 Å². The van der Waals surface area contributed by atoms with Gasteiger partial charge in [0.2, 0.25) is 5.13 Å². The third-order valence-corrected chi connectivity index (χ3v) is 5.17. The highest BCUT2D eigenvalue weighted by molar-refractivity contribution is 7.12. The van der Waals surface area contributed by atoms with E-state index in [-0.39, 0.29) is 17.1 Å². The SMILES string of the molecule is Cc1[nH]n(-c2nc(-c3ccccc3O)cs2)c(=O)c1N=Nc1cccc(C(F)(F)F)c1. The standard InChI is InChI=1S/C20H14F3N5O2S/c1-11-17(26-25-13-6-4-5-12(9-13)20(21,22)23)18(30)28(27-11)19-24-15(10-31-19)14-7-2-3-8-16(14)29/h2-10,27,29H,1H3. The summed E-state index contributed by atoms with van der Waals surface area (Å²) in [5.74, 6) is 0.0601. The quantitative estimate of drug-likeness (QED) is 0.392. The monoisotopic (exact) mass is 445 g/mol. The summed E-state index contributed by atoms with van der Waals surface area (Å²) in [7, 11) is 0. The number of aromatic amines is 1. The summed E-state index contributed by atoms with van der Waals surface area (Å²) in [6.07, 6.45) is -4.50. The fourth-order valence-electron chi connectivity index (χ4n) is 2.82. The first-order chi connectivity index (χ1) is 14.7. The maximum atomic E-state index is 12.8. The molecule has 0 spiro atoms. The molecular formula is C20H14F3N5O2S. The highest BCUT2D eigenvalue weighted by Crippen LogP contribution is 2.32. The normalized spacial score (nSPS) is 12.0. The zero-order chi connectivity index (χ0) is 22.2. The first-order valence-electron chi connectivity index (χ1n) is 8.89. The predicted molar refractivity (Wildman–Crippen MR) is 110 cm³/mol. The zero-order valence-corrected chi connectivity index (χ0v) is 16.7. The summed E-state index contributed by atoms with van der Waals surface area (Å²) in [6.45, 7) is 1.59. The minimum Gasteiger partial charge on any atom is -0.507 e. The summed E-state index contributed by atoms with van der Waals surface area (Å²) < 4.78 is 39.7. The molecule has 0 aliphatic rings. The van der Waals surface area contributed by atoms with Gasteiger partial charge in [-0.2, -0.15) is 23.0 Å². The van der Waals surface area contributed by atoms with Gasteiger partial charge in [0.25, 0.3) is 0 Å². The number of benzene rings is 2. The van der Waals surface area contributed by atoms with Crippen LogP contribution in [0.2, 0.25) is 0 Å². The van der Waals surface area contributed by atoms with E-state index in [4.69, 9.17) is 0 Å². The maximum Gasteiger partial charge on any atom is 0.416 e. The number of hydrogen-bond acceptors (Lipinski definition) is 6. The average Bonchev–Trinajstić information content (AvgIpc) is 3.31. The van der Waals surface area contributed by atoms with E-state index in [1.54, 1.807) is 30.5 Å². The highest BCUT2D eigenvalue weighted by atomic mass is 32.1. The van der Waals surface area contributed by atoms with Crippen molar-refractivity contribution in [2.45, 2.75) is 13.1 Å². The van der Waals surface area contributed by atoms with Gasteiger partial charge in [-0.05, 0) is 37.3 Å². The molecule has 2 heterocycles. The molecule has 0 unspecified atom stereocenters. The van der Waals surface area contributed by atoms with Crippen LogP contribution in [0.5, 0.6) is 5.75 Å². The number of hydrogen-bond donors (Lipinski definition) is 2. The van der Waals surface area contributed by atoms with E-state index in [1.165, 1.54) is 34.2 Å². The molecule has 158 valence electrons. The van der Waals surface area contributed by atoms with Gasteiger partial charge >= 0.3 is 11.7 Å². The number of nitrogens with one attached hydrogen (secondary N) is 1. The molecule has 0 radical (unpaired) electrons. The Morgan fingerprint density at radius 2 is 1.90 bits per heavy atom. The predicted octanol–water partition coefficient (Wildman–Crippen LogP) is 5.74. The van der Waals surface area contributed by atoms with E-state index >= 15 is 0 Å². The topological polar surface area (TPSA) is 95.6 Å². The number of alkyl halides is 3. The van der Waals surface area contributed by atoms with E-state index in [9.17, 15) is 23.1 Å². The van der Waals surface area contributed by atoms with Gasteiger partial charge in [-0.3, -0.25) is 9.89 Å². The van der Waals surface area contributed by atoms with Gasteiger partial charge in [0.1, 0.15) is 5.75 Å². The number of thiazole rings is 1. The van der Waals surface area contributed by atoms with Crippen LogP contribution in [0.25, 0.3) is 16.4 Å². The largest absolute Gasteiger partial charge is 0.507 e. The second-order valence-corrected chi connectivity index (χ2v) is 7.34. The molecule has 0 aliphatic carbocycles. The Morgan fingerprint density at radius 3 is 2.65 bits per heavy atom. The van der Waals surface area contributed by atoms with Gasteiger partial charge in [-0.15, -0.1) is 16.5 Å². The van der Waals surface area contributed by atoms with Crippen LogP contribution in [0.3, 0.4) is 0 Å². The Kier molecular flexibility index (Phi) is 5.19. The highest BCUT2D eigenvalue weighted by Gasteiger charge is 2.30. The Bertz CT molecular complexity index is 1340. The Morgan fingerprint density at radius 1 is 1.13 bits per heavy atom. The van der Waals surface area contributed by atoms with Gasteiger partial charge in [0.15, 0.2) is 5.69 Å². The number of para-hydroxylation sites is 1. The van der Waals surface area contributed by atoms with Crippen LogP contribution in [0.15, 0.2) is 68.9 Å². The molecule has 7 nitrogen and oxygen atoms in total. The second-order valence-electron chi connectivity index (χ2n) is 6.51.